The van der Waals surface area contributed by atoms with Gasteiger partial charge in [0.1, 0.15) is 5.78 Å². The second-order valence-electron chi connectivity index (χ2n) is 2.94. The number of hydrogen-bond donors (Lipinski definition) is 0. The summed E-state index contributed by atoms with van der Waals surface area (Å²) in [6.07, 6.45) is 0.501. The minimum absolute atomic E-state index is 0.187. The summed E-state index contributed by atoms with van der Waals surface area (Å²) >= 11 is 6.80. The summed E-state index contributed by atoms with van der Waals surface area (Å²) in [6, 6.07) is 6.05. The van der Waals surface area contributed by atoms with E-state index in [-0.39, 0.29) is 5.78 Å². The zero-order valence-electron chi connectivity index (χ0n) is 7.31. The average Bonchev–Trinajstić information content (AvgIpc) is 2.08. The van der Waals surface area contributed by atoms with Crippen LogP contribution < -0.4 is 0 Å². The van der Waals surface area contributed by atoms with Crippen LogP contribution in [0.5, 0.6) is 0 Å². The third-order valence-electron chi connectivity index (χ3n) is 1.70. The molecule has 1 rings (SSSR count). The van der Waals surface area contributed by atoms with Crippen molar-refractivity contribution in [2.45, 2.75) is 18.7 Å². The first-order valence-corrected chi connectivity index (χ1v) is 5.87. The zero-order valence-corrected chi connectivity index (χ0v) is 10.5. The van der Waals surface area contributed by atoms with E-state index in [9.17, 15) is 4.79 Å². The van der Waals surface area contributed by atoms with E-state index >= 15 is 0 Å². The van der Waals surface area contributed by atoms with E-state index in [0.717, 1.165) is 15.4 Å². The van der Waals surface area contributed by atoms with Crippen molar-refractivity contribution in [2.24, 2.45) is 0 Å². The van der Waals surface area contributed by atoms with Gasteiger partial charge >= 0.3 is 0 Å². The largest absolute Gasteiger partial charge is 0.300 e. The van der Waals surface area contributed by atoms with Gasteiger partial charge in [-0.25, -0.2) is 0 Å². The van der Waals surface area contributed by atoms with E-state index in [0.29, 0.717) is 6.42 Å². The average molecular weight is 306 g/mol. The molecule has 0 heterocycles. The summed E-state index contributed by atoms with van der Waals surface area (Å²) in [4.78, 5) is 10.9. The number of rotatable bonds is 3. The lowest BCUT2D eigenvalue weighted by atomic mass is 10.1. The van der Waals surface area contributed by atoms with Crippen molar-refractivity contribution >= 4 is 37.6 Å². The second kappa shape index (κ2) is 4.91. The van der Waals surface area contributed by atoms with Crippen LogP contribution in [0.15, 0.2) is 22.7 Å². The minimum Gasteiger partial charge on any atom is -0.300 e. The fourth-order valence-electron chi connectivity index (χ4n) is 1.11. The number of halogens is 2. The molecule has 0 fully saturated rings. The predicted octanol–water partition coefficient (Wildman–Crippen LogP) is 3.48. The van der Waals surface area contributed by atoms with E-state index in [1.165, 1.54) is 5.56 Å². The van der Waals surface area contributed by atoms with E-state index in [2.05, 4.69) is 31.9 Å². The maximum atomic E-state index is 10.9. The molecule has 0 aromatic heterocycles. The molecule has 0 unspecified atom stereocenters. The van der Waals surface area contributed by atoms with Crippen LogP contribution in [0.25, 0.3) is 0 Å². The number of carbonyl (C=O) groups excluding carboxylic acids is 1. The van der Waals surface area contributed by atoms with E-state index in [1.54, 1.807) is 6.92 Å². The van der Waals surface area contributed by atoms with Crippen LogP contribution in [0, 0.1) is 0 Å². The van der Waals surface area contributed by atoms with Gasteiger partial charge in [0, 0.05) is 16.2 Å². The lowest BCUT2D eigenvalue weighted by Crippen LogP contribution is -1.97. The van der Waals surface area contributed by atoms with Crippen LogP contribution in [-0.4, -0.2) is 5.78 Å². The summed E-state index contributed by atoms with van der Waals surface area (Å²) < 4.78 is 1.01. The summed E-state index contributed by atoms with van der Waals surface area (Å²) in [6.45, 7) is 1.60. The molecule has 1 aromatic rings. The first-order chi connectivity index (χ1) is 6.13. The van der Waals surface area contributed by atoms with Crippen LogP contribution >= 0.6 is 31.9 Å². The van der Waals surface area contributed by atoms with E-state index in [4.69, 9.17) is 0 Å². The van der Waals surface area contributed by atoms with Crippen LogP contribution in [-0.2, 0) is 16.5 Å². The molecule has 0 amide bonds. The number of ketones is 1. The van der Waals surface area contributed by atoms with Crippen molar-refractivity contribution in [1.29, 1.82) is 0 Å². The van der Waals surface area contributed by atoms with Crippen molar-refractivity contribution in [3.05, 3.63) is 33.8 Å². The molecule has 0 N–H and O–H groups in total. The molecule has 13 heavy (non-hydrogen) atoms. The third-order valence-corrected chi connectivity index (χ3v) is 3.12. The first kappa shape index (κ1) is 10.9. The van der Waals surface area contributed by atoms with Crippen LogP contribution in [0.4, 0.5) is 0 Å². The number of carbonyl (C=O) groups is 1. The van der Waals surface area contributed by atoms with E-state index in [1.807, 2.05) is 18.2 Å². The Balaban J connectivity index is 2.96. The molecule has 70 valence electrons. The summed E-state index contributed by atoms with van der Waals surface area (Å²) in [5.74, 6) is 0.187. The molecule has 1 aromatic carbocycles. The summed E-state index contributed by atoms with van der Waals surface area (Å²) in [5, 5.41) is 0.825. The predicted molar refractivity (Wildman–Crippen MR) is 61.2 cm³/mol. The highest BCUT2D eigenvalue weighted by Gasteiger charge is 2.03. The molecule has 0 spiro atoms. The van der Waals surface area contributed by atoms with Gasteiger partial charge in [0.15, 0.2) is 0 Å². The third kappa shape index (κ3) is 3.24. The lowest BCUT2D eigenvalue weighted by Gasteiger charge is -2.03. The number of Topliss-reactive ketones (excluding diaryl/α,β-unsaturated/α-hetero) is 1. The normalized spacial score (nSPS) is 10.1. The Labute approximate surface area is 94.8 Å². The van der Waals surface area contributed by atoms with Gasteiger partial charge in [-0.2, -0.15) is 0 Å². The first-order valence-electron chi connectivity index (χ1n) is 3.96. The van der Waals surface area contributed by atoms with Crippen molar-refractivity contribution in [3.63, 3.8) is 0 Å². The maximum Gasteiger partial charge on any atom is 0.134 e. The Kier molecular flexibility index (Phi) is 4.13. The minimum atomic E-state index is 0.187. The molecule has 0 saturated carbocycles. The highest BCUT2D eigenvalue weighted by molar-refractivity contribution is 9.10. The molecule has 0 radical (unpaired) electrons. The van der Waals surface area contributed by atoms with Gasteiger partial charge < -0.3 is 0 Å². The van der Waals surface area contributed by atoms with Crippen molar-refractivity contribution in [1.82, 2.24) is 0 Å². The molecule has 0 aliphatic carbocycles. The molecule has 0 atom stereocenters. The smallest absolute Gasteiger partial charge is 0.134 e. The molecule has 0 aliphatic heterocycles. The van der Waals surface area contributed by atoms with E-state index < -0.39 is 0 Å². The van der Waals surface area contributed by atoms with Gasteiger partial charge in [0.2, 0.25) is 0 Å². The standard InChI is InChI=1S/C10H10Br2O/c1-7(13)4-9-5-8(6-11)2-3-10(9)12/h2-3,5H,4,6H2,1H3. The molecule has 0 saturated heterocycles. The number of benzene rings is 1. The highest BCUT2D eigenvalue weighted by Crippen LogP contribution is 2.20. The Bertz CT molecular complexity index is 321. The Hall–Kier alpha value is -0.150. The van der Waals surface area contributed by atoms with Gasteiger partial charge in [-0.1, -0.05) is 44.0 Å². The van der Waals surface area contributed by atoms with Gasteiger partial charge in [0.25, 0.3) is 0 Å². The molecule has 0 bridgehead atoms. The summed E-state index contributed by atoms with van der Waals surface area (Å²) in [7, 11) is 0. The topological polar surface area (TPSA) is 17.1 Å². The van der Waals surface area contributed by atoms with Crippen molar-refractivity contribution in [2.75, 3.05) is 0 Å². The molecule has 1 nitrogen and oxygen atoms in total. The molecular formula is C10H10Br2O. The molecule has 3 heteroatoms. The highest BCUT2D eigenvalue weighted by atomic mass is 79.9. The van der Waals surface area contributed by atoms with Gasteiger partial charge in [0.05, 0.1) is 0 Å². The Morgan fingerprint density at radius 2 is 2.15 bits per heavy atom. The maximum absolute atomic E-state index is 10.9. The lowest BCUT2D eigenvalue weighted by molar-refractivity contribution is -0.116. The molecular weight excluding hydrogens is 296 g/mol. The second-order valence-corrected chi connectivity index (χ2v) is 4.35. The SMILES string of the molecule is CC(=O)Cc1cc(CBr)ccc1Br. The van der Waals surface area contributed by atoms with Crippen molar-refractivity contribution in [3.8, 4) is 0 Å². The van der Waals surface area contributed by atoms with Crippen molar-refractivity contribution < 1.29 is 4.79 Å². The van der Waals surface area contributed by atoms with Gasteiger partial charge in [-0.05, 0) is 24.1 Å². The number of hydrogen-bond acceptors (Lipinski definition) is 1. The Morgan fingerprint density at radius 3 is 2.69 bits per heavy atom. The zero-order chi connectivity index (χ0) is 9.84. The van der Waals surface area contributed by atoms with Crippen LogP contribution in [0.1, 0.15) is 18.1 Å². The van der Waals surface area contributed by atoms with Gasteiger partial charge in [-0.15, -0.1) is 0 Å². The Morgan fingerprint density at radius 1 is 1.46 bits per heavy atom. The fourth-order valence-corrected chi connectivity index (χ4v) is 1.85. The van der Waals surface area contributed by atoms with Crippen LogP contribution in [0.2, 0.25) is 0 Å². The summed E-state index contributed by atoms with van der Waals surface area (Å²) in [5.41, 5.74) is 2.25. The quantitative estimate of drug-likeness (QED) is 0.782. The molecule has 0 aliphatic rings. The van der Waals surface area contributed by atoms with Gasteiger partial charge in [-0.3, -0.25) is 4.79 Å². The number of alkyl halides is 1. The fraction of sp³-hybridized carbons (Fsp3) is 0.300. The van der Waals surface area contributed by atoms with Crippen LogP contribution in [0.3, 0.4) is 0 Å². The monoisotopic (exact) mass is 304 g/mol.